The molecule has 6 N–H and O–H groups in total. The molecular formula is C14H16N2O6S2. The summed E-state index contributed by atoms with van der Waals surface area (Å²) in [6, 6.07) is 7.98. The van der Waals surface area contributed by atoms with Crippen LogP contribution < -0.4 is 11.5 Å². The van der Waals surface area contributed by atoms with Gasteiger partial charge in [0.25, 0.3) is 20.2 Å². The molecule has 8 nitrogen and oxygen atoms in total. The lowest BCUT2D eigenvalue weighted by Gasteiger charge is -2.09. The van der Waals surface area contributed by atoms with Crippen LogP contribution in [-0.2, 0) is 33.1 Å². The third-order valence-corrected chi connectivity index (χ3v) is 5.11. The van der Waals surface area contributed by atoms with E-state index in [1.807, 2.05) is 0 Å². The molecular weight excluding hydrogens is 356 g/mol. The van der Waals surface area contributed by atoms with Gasteiger partial charge in [-0.25, -0.2) is 0 Å². The van der Waals surface area contributed by atoms with Gasteiger partial charge in [0, 0.05) is 11.4 Å². The van der Waals surface area contributed by atoms with Crippen LogP contribution in [0.5, 0.6) is 0 Å². The minimum absolute atomic E-state index is 0.146. The molecule has 0 saturated heterocycles. The number of anilines is 2. The fraction of sp³-hybridized carbons (Fsp3) is 0.143. The van der Waals surface area contributed by atoms with Crippen molar-refractivity contribution < 1.29 is 25.9 Å². The Kier molecular flexibility index (Phi) is 4.85. The summed E-state index contributed by atoms with van der Waals surface area (Å²) in [5.41, 5.74) is 12.3. The Morgan fingerprint density at radius 2 is 1.46 bits per heavy atom. The fourth-order valence-electron chi connectivity index (χ4n) is 2.28. The third-order valence-electron chi connectivity index (χ3n) is 3.34. The van der Waals surface area contributed by atoms with Crippen molar-refractivity contribution in [3.05, 3.63) is 47.5 Å². The Balaban J connectivity index is 2.35. The first-order chi connectivity index (χ1) is 11.0. The quantitative estimate of drug-likeness (QED) is 0.448. The molecule has 0 unspecified atom stereocenters. The van der Waals surface area contributed by atoms with Gasteiger partial charge in [-0.2, -0.15) is 16.8 Å². The summed E-state index contributed by atoms with van der Waals surface area (Å²) in [4.78, 5) is -0.647. The van der Waals surface area contributed by atoms with E-state index in [0.717, 1.165) is 12.1 Å². The van der Waals surface area contributed by atoms with Crippen LogP contribution in [0.15, 0.2) is 46.2 Å². The molecule has 0 saturated carbocycles. The SMILES string of the molecule is Nc1cc(CCc2ccc(N)cc2S(=O)(=O)O)cc(S(=O)(=O)O)c1. The molecule has 0 amide bonds. The molecule has 0 bridgehead atoms. The van der Waals surface area contributed by atoms with Gasteiger partial charge in [0.05, 0.1) is 9.79 Å². The monoisotopic (exact) mass is 372 g/mol. The summed E-state index contributed by atoms with van der Waals surface area (Å²) in [7, 11) is -8.84. The Morgan fingerprint density at radius 3 is 2.04 bits per heavy atom. The highest BCUT2D eigenvalue weighted by Gasteiger charge is 2.16. The van der Waals surface area contributed by atoms with Crippen LogP contribution in [0.4, 0.5) is 11.4 Å². The molecule has 0 aliphatic heterocycles. The number of hydrogen-bond acceptors (Lipinski definition) is 6. The van der Waals surface area contributed by atoms with Gasteiger partial charge in [0.15, 0.2) is 0 Å². The summed E-state index contributed by atoms with van der Waals surface area (Å²) in [6.07, 6.45) is 0.420. The van der Waals surface area contributed by atoms with Crippen molar-refractivity contribution in [1.29, 1.82) is 0 Å². The molecule has 0 fully saturated rings. The lowest BCUT2D eigenvalue weighted by atomic mass is 10.0. The van der Waals surface area contributed by atoms with E-state index in [0.29, 0.717) is 11.1 Å². The van der Waals surface area contributed by atoms with Gasteiger partial charge >= 0.3 is 0 Å². The Morgan fingerprint density at radius 1 is 0.792 bits per heavy atom. The minimum Gasteiger partial charge on any atom is -0.399 e. The molecule has 0 aliphatic carbocycles. The van der Waals surface area contributed by atoms with Crippen molar-refractivity contribution >= 4 is 31.6 Å². The van der Waals surface area contributed by atoms with Gasteiger partial charge in [0.1, 0.15) is 0 Å². The van der Waals surface area contributed by atoms with Crippen LogP contribution in [0, 0.1) is 0 Å². The van der Waals surface area contributed by atoms with Gasteiger partial charge in [-0.05, 0) is 54.3 Å². The first-order valence-electron chi connectivity index (χ1n) is 6.69. The summed E-state index contributed by atoms with van der Waals surface area (Å²) in [6.45, 7) is 0. The maximum Gasteiger partial charge on any atom is 0.294 e. The average molecular weight is 372 g/mol. The summed E-state index contributed by atoms with van der Waals surface area (Å²) in [5.74, 6) is 0. The van der Waals surface area contributed by atoms with Gasteiger partial charge in [-0.15, -0.1) is 0 Å². The second kappa shape index (κ2) is 6.40. The maximum absolute atomic E-state index is 11.4. The van der Waals surface area contributed by atoms with Crippen molar-refractivity contribution in [1.82, 2.24) is 0 Å². The van der Waals surface area contributed by atoms with Crippen LogP contribution in [0.1, 0.15) is 11.1 Å². The highest BCUT2D eigenvalue weighted by atomic mass is 32.2. The largest absolute Gasteiger partial charge is 0.399 e. The predicted molar refractivity (Wildman–Crippen MR) is 88.7 cm³/mol. The first-order valence-corrected chi connectivity index (χ1v) is 9.57. The van der Waals surface area contributed by atoms with E-state index in [-0.39, 0.29) is 34.0 Å². The summed E-state index contributed by atoms with van der Waals surface area (Å²) in [5, 5.41) is 0. The molecule has 10 heteroatoms. The molecule has 0 heterocycles. The van der Waals surface area contributed by atoms with Crippen molar-refractivity contribution in [2.45, 2.75) is 22.6 Å². The van der Waals surface area contributed by atoms with E-state index < -0.39 is 20.2 Å². The molecule has 0 aromatic heterocycles. The molecule has 24 heavy (non-hydrogen) atoms. The van der Waals surface area contributed by atoms with Crippen molar-refractivity contribution in [3.8, 4) is 0 Å². The minimum atomic E-state index is -4.44. The number of nitrogen functional groups attached to an aromatic ring is 2. The smallest absolute Gasteiger partial charge is 0.294 e. The normalized spacial score (nSPS) is 12.2. The summed E-state index contributed by atoms with van der Waals surface area (Å²) < 4.78 is 63.6. The zero-order valence-electron chi connectivity index (χ0n) is 12.4. The number of rotatable bonds is 5. The van der Waals surface area contributed by atoms with Crippen molar-refractivity contribution in [2.75, 3.05) is 11.5 Å². The molecule has 2 rings (SSSR count). The fourth-order valence-corrected chi connectivity index (χ4v) is 3.65. The molecule has 2 aromatic rings. The van der Waals surface area contributed by atoms with Gasteiger partial charge in [-0.3, -0.25) is 9.11 Å². The molecule has 0 atom stereocenters. The van der Waals surface area contributed by atoms with E-state index in [1.54, 1.807) is 0 Å². The second-order valence-electron chi connectivity index (χ2n) is 5.23. The molecule has 0 aliphatic rings. The molecule has 130 valence electrons. The summed E-state index contributed by atoms with van der Waals surface area (Å²) >= 11 is 0. The van der Waals surface area contributed by atoms with Crippen LogP contribution in [0.25, 0.3) is 0 Å². The standard InChI is InChI=1S/C14H16N2O6S2/c15-11-4-3-10(14(8-11)24(20,21)22)2-1-9-5-12(16)7-13(6-9)23(17,18)19/h3-8H,1-2,15-16H2,(H,17,18,19)(H,20,21,22). The van der Waals surface area contributed by atoms with Gasteiger partial charge in [0.2, 0.25) is 0 Å². The van der Waals surface area contributed by atoms with Crippen molar-refractivity contribution in [2.24, 2.45) is 0 Å². The zero-order valence-corrected chi connectivity index (χ0v) is 14.0. The van der Waals surface area contributed by atoms with Crippen LogP contribution in [-0.4, -0.2) is 25.9 Å². The van der Waals surface area contributed by atoms with E-state index in [2.05, 4.69) is 0 Å². The van der Waals surface area contributed by atoms with E-state index in [4.69, 9.17) is 16.0 Å². The van der Waals surface area contributed by atoms with E-state index in [9.17, 15) is 21.4 Å². The van der Waals surface area contributed by atoms with Crippen LogP contribution in [0.2, 0.25) is 0 Å². The first kappa shape index (κ1) is 18.2. The van der Waals surface area contributed by atoms with Crippen LogP contribution in [0.3, 0.4) is 0 Å². The molecule has 0 radical (unpaired) electrons. The number of aryl methyl sites for hydroxylation is 2. The lowest BCUT2D eigenvalue weighted by molar-refractivity contribution is 0.480. The van der Waals surface area contributed by atoms with Gasteiger partial charge < -0.3 is 11.5 Å². The van der Waals surface area contributed by atoms with Crippen LogP contribution >= 0.6 is 0 Å². The third kappa shape index (κ3) is 4.45. The Labute approximate surface area is 139 Å². The molecule has 2 aromatic carbocycles. The molecule has 0 spiro atoms. The maximum atomic E-state index is 11.4. The Bertz CT molecular complexity index is 984. The number of benzene rings is 2. The highest BCUT2D eigenvalue weighted by Crippen LogP contribution is 2.22. The number of hydrogen-bond donors (Lipinski definition) is 4. The van der Waals surface area contributed by atoms with E-state index >= 15 is 0 Å². The Hall–Kier alpha value is -2.14. The van der Waals surface area contributed by atoms with E-state index in [1.165, 1.54) is 24.3 Å². The van der Waals surface area contributed by atoms with Crippen molar-refractivity contribution in [3.63, 3.8) is 0 Å². The number of nitrogens with two attached hydrogens (primary N) is 2. The average Bonchev–Trinajstić information content (AvgIpc) is 2.43. The van der Waals surface area contributed by atoms with Gasteiger partial charge in [-0.1, -0.05) is 6.07 Å². The lowest BCUT2D eigenvalue weighted by Crippen LogP contribution is -2.06. The predicted octanol–water partition coefficient (Wildman–Crippen LogP) is 1.13. The highest BCUT2D eigenvalue weighted by molar-refractivity contribution is 7.86. The second-order valence-corrected chi connectivity index (χ2v) is 8.04. The topological polar surface area (TPSA) is 161 Å². The zero-order chi connectivity index (χ0) is 18.1.